The summed E-state index contributed by atoms with van der Waals surface area (Å²) < 4.78 is 18.8. The molecule has 0 aromatic heterocycles. The Morgan fingerprint density at radius 1 is 1.48 bits per heavy atom. The van der Waals surface area contributed by atoms with Gasteiger partial charge >= 0.3 is 0 Å². The van der Waals surface area contributed by atoms with Gasteiger partial charge in [0.2, 0.25) is 5.91 Å². The van der Waals surface area contributed by atoms with Gasteiger partial charge in [-0.05, 0) is 30.5 Å². The van der Waals surface area contributed by atoms with Gasteiger partial charge in [0.05, 0.1) is 13.2 Å². The van der Waals surface area contributed by atoms with Gasteiger partial charge in [-0.25, -0.2) is 4.39 Å². The predicted octanol–water partition coefficient (Wildman–Crippen LogP) is 2.70. The molecule has 0 radical (unpaired) electrons. The van der Waals surface area contributed by atoms with E-state index in [0.717, 1.165) is 12.0 Å². The predicted molar refractivity (Wildman–Crippen MR) is 79.5 cm³/mol. The average molecular weight is 294 g/mol. The first-order valence-electron chi connectivity index (χ1n) is 7.37. The number of carbonyl (C=O) groups excluding carboxylic acids is 1. The second-order valence-electron chi connectivity index (χ2n) is 5.69. The maximum absolute atomic E-state index is 13.9. The first-order valence-corrected chi connectivity index (χ1v) is 7.37. The Hall–Kier alpha value is -1.62. The molecule has 1 aliphatic heterocycles. The number of halogens is 1. The fraction of sp³-hybridized carbons (Fsp3) is 0.562. The van der Waals surface area contributed by atoms with Crippen LogP contribution in [-0.2, 0) is 4.79 Å². The summed E-state index contributed by atoms with van der Waals surface area (Å²) in [5.74, 6) is 0.278. The molecular formula is C16H23FN2O2. The highest BCUT2D eigenvalue weighted by atomic mass is 19.1. The molecule has 0 aliphatic carbocycles. The topological polar surface area (TPSA) is 41.6 Å². The van der Waals surface area contributed by atoms with E-state index in [-0.39, 0.29) is 23.9 Å². The van der Waals surface area contributed by atoms with Crippen molar-refractivity contribution in [3.05, 3.63) is 29.6 Å². The standard InChI is InChI=1S/C16H23FN2O2/c1-5-10(2)9-19-15(18-11(3)16(19)20)12-6-7-14(21-4)13(17)8-12/h6-8,10-11,15,18H,5,9H2,1-4H3. The van der Waals surface area contributed by atoms with Gasteiger partial charge in [0.25, 0.3) is 0 Å². The van der Waals surface area contributed by atoms with Crippen LogP contribution in [0.5, 0.6) is 5.75 Å². The fourth-order valence-electron chi connectivity index (χ4n) is 2.56. The molecule has 1 N–H and O–H groups in total. The van der Waals surface area contributed by atoms with Gasteiger partial charge in [-0.1, -0.05) is 26.3 Å². The van der Waals surface area contributed by atoms with Crippen molar-refractivity contribution in [1.29, 1.82) is 0 Å². The quantitative estimate of drug-likeness (QED) is 0.908. The van der Waals surface area contributed by atoms with Gasteiger partial charge in [-0.3, -0.25) is 10.1 Å². The number of benzene rings is 1. The van der Waals surface area contributed by atoms with E-state index >= 15 is 0 Å². The molecule has 4 nitrogen and oxygen atoms in total. The van der Waals surface area contributed by atoms with E-state index in [0.29, 0.717) is 12.5 Å². The molecule has 1 fully saturated rings. The van der Waals surface area contributed by atoms with Crippen molar-refractivity contribution in [3.63, 3.8) is 0 Å². The number of hydrogen-bond acceptors (Lipinski definition) is 3. The van der Waals surface area contributed by atoms with Crippen LogP contribution in [0.3, 0.4) is 0 Å². The maximum Gasteiger partial charge on any atom is 0.241 e. The van der Waals surface area contributed by atoms with Crippen LogP contribution in [0.25, 0.3) is 0 Å². The van der Waals surface area contributed by atoms with Crippen LogP contribution < -0.4 is 10.1 Å². The lowest BCUT2D eigenvalue weighted by molar-refractivity contribution is -0.130. The van der Waals surface area contributed by atoms with Crippen molar-refractivity contribution in [3.8, 4) is 5.75 Å². The number of ether oxygens (including phenoxy) is 1. The Kier molecular flexibility index (Phi) is 4.83. The summed E-state index contributed by atoms with van der Waals surface area (Å²) in [4.78, 5) is 14.1. The third-order valence-corrected chi connectivity index (χ3v) is 4.07. The monoisotopic (exact) mass is 294 g/mol. The van der Waals surface area contributed by atoms with E-state index < -0.39 is 5.82 Å². The van der Waals surface area contributed by atoms with Crippen LogP contribution in [0.2, 0.25) is 0 Å². The molecule has 1 aliphatic rings. The molecule has 1 aromatic carbocycles. The van der Waals surface area contributed by atoms with Gasteiger partial charge in [-0.2, -0.15) is 0 Å². The average Bonchev–Trinajstić information content (AvgIpc) is 2.75. The van der Waals surface area contributed by atoms with Crippen LogP contribution in [0, 0.1) is 11.7 Å². The van der Waals surface area contributed by atoms with Gasteiger partial charge in [0.15, 0.2) is 11.6 Å². The molecule has 0 bridgehead atoms. The van der Waals surface area contributed by atoms with Gasteiger partial charge < -0.3 is 9.64 Å². The normalized spacial score (nSPS) is 23.5. The molecule has 1 saturated heterocycles. The molecule has 0 saturated carbocycles. The molecular weight excluding hydrogens is 271 g/mol. The molecule has 3 atom stereocenters. The molecule has 1 amide bonds. The molecule has 3 unspecified atom stereocenters. The molecule has 1 heterocycles. The molecule has 21 heavy (non-hydrogen) atoms. The van der Waals surface area contributed by atoms with E-state index in [1.54, 1.807) is 17.0 Å². The Morgan fingerprint density at radius 2 is 2.19 bits per heavy atom. The molecule has 5 heteroatoms. The third kappa shape index (κ3) is 3.18. The lowest BCUT2D eigenvalue weighted by Gasteiger charge is -2.27. The smallest absolute Gasteiger partial charge is 0.241 e. The fourth-order valence-corrected chi connectivity index (χ4v) is 2.56. The summed E-state index contributed by atoms with van der Waals surface area (Å²) in [6.07, 6.45) is 0.726. The zero-order valence-corrected chi connectivity index (χ0v) is 13.0. The van der Waals surface area contributed by atoms with Crippen LogP contribution in [0.4, 0.5) is 4.39 Å². The van der Waals surface area contributed by atoms with Crippen LogP contribution in [-0.4, -0.2) is 30.5 Å². The van der Waals surface area contributed by atoms with Gasteiger partial charge in [0.1, 0.15) is 6.17 Å². The summed E-state index contributed by atoms with van der Waals surface area (Å²) in [7, 11) is 1.44. The van der Waals surface area contributed by atoms with Crippen LogP contribution >= 0.6 is 0 Å². The summed E-state index contributed by atoms with van der Waals surface area (Å²) in [6.45, 7) is 6.73. The molecule has 1 aromatic rings. The minimum Gasteiger partial charge on any atom is -0.494 e. The van der Waals surface area contributed by atoms with E-state index in [1.165, 1.54) is 13.2 Å². The second-order valence-corrected chi connectivity index (χ2v) is 5.69. The third-order valence-electron chi connectivity index (χ3n) is 4.07. The number of nitrogens with one attached hydrogen (secondary N) is 1. The van der Waals surface area contributed by atoms with Gasteiger partial charge in [0, 0.05) is 6.54 Å². The Labute approximate surface area is 125 Å². The molecule has 116 valence electrons. The zero-order chi connectivity index (χ0) is 15.6. The Balaban J connectivity index is 2.27. The van der Waals surface area contributed by atoms with Crippen molar-refractivity contribution >= 4 is 5.91 Å². The highest BCUT2D eigenvalue weighted by molar-refractivity contribution is 5.84. The summed E-state index contributed by atoms with van der Waals surface area (Å²) in [5.41, 5.74) is 0.745. The van der Waals surface area contributed by atoms with E-state index in [1.807, 2.05) is 6.92 Å². The van der Waals surface area contributed by atoms with E-state index in [9.17, 15) is 9.18 Å². The number of carbonyl (C=O) groups is 1. The maximum atomic E-state index is 13.9. The lowest BCUT2D eigenvalue weighted by atomic mass is 10.1. The lowest BCUT2D eigenvalue weighted by Crippen LogP contribution is -2.34. The van der Waals surface area contributed by atoms with Crippen molar-refractivity contribution in [2.45, 2.75) is 39.4 Å². The van der Waals surface area contributed by atoms with Crippen molar-refractivity contribution in [1.82, 2.24) is 10.2 Å². The van der Waals surface area contributed by atoms with Crippen LogP contribution in [0.1, 0.15) is 38.9 Å². The minimum absolute atomic E-state index is 0.0662. The first-order chi connectivity index (χ1) is 9.97. The highest BCUT2D eigenvalue weighted by Crippen LogP contribution is 2.29. The van der Waals surface area contributed by atoms with Crippen molar-refractivity contribution < 1.29 is 13.9 Å². The molecule has 0 spiro atoms. The minimum atomic E-state index is -0.410. The van der Waals surface area contributed by atoms with Crippen molar-refractivity contribution in [2.24, 2.45) is 5.92 Å². The molecule has 2 rings (SSSR count). The van der Waals surface area contributed by atoms with Crippen LogP contribution in [0.15, 0.2) is 18.2 Å². The zero-order valence-electron chi connectivity index (χ0n) is 13.0. The second kappa shape index (κ2) is 6.43. The number of hydrogen-bond donors (Lipinski definition) is 1. The highest BCUT2D eigenvalue weighted by Gasteiger charge is 2.37. The van der Waals surface area contributed by atoms with Gasteiger partial charge in [-0.15, -0.1) is 0 Å². The number of nitrogens with zero attached hydrogens (tertiary/aromatic N) is 1. The number of amides is 1. The summed E-state index contributed by atoms with van der Waals surface area (Å²) in [5, 5.41) is 3.23. The largest absolute Gasteiger partial charge is 0.494 e. The number of methoxy groups -OCH3 is 1. The summed E-state index contributed by atoms with van der Waals surface area (Å²) in [6, 6.07) is 4.59. The van der Waals surface area contributed by atoms with Crippen molar-refractivity contribution in [2.75, 3.05) is 13.7 Å². The first kappa shape index (κ1) is 15.8. The number of rotatable bonds is 5. The van der Waals surface area contributed by atoms with E-state index in [2.05, 4.69) is 19.2 Å². The van der Waals surface area contributed by atoms with E-state index in [4.69, 9.17) is 4.74 Å². The SMILES string of the molecule is CCC(C)CN1C(=O)C(C)NC1c1ccc(OC)c(F)c1. The Bertz CT molecular complexity index is 521. The summed E-state index contributed by atoms with van der Waals surface area (Å²) >= 11 is 0. The Morgan fingerprint density at radius 3 is 2.76 bits per heavy atom.